The molecule has 3 aromatic rings. The number of anilines is 1. The summed E-state index contributed by atoms with van der Waals surface area (Å²) in [6.07, 6.45) is -5.57. The monoisotopic (exact) mass is 423 g/mol. The normalized spacial score (nSPS) is 21.4. The first-order valence-corrected chi connectivity index (χ1v) is 9.88. The second-order valence-electron chi connectivity index (χ2n) is 7.69. The number of hydrogen-bond acceptors (Lipinski definition) is 2. The molecule has 0 radical (unpaired) electrons. The standard InChI is InChI=1S/C25H20F3NO2/c1-17-12-14-20(15-13-17)29-22(30)16-21(25(26,27)28)24(29,19-10-6-3-7-11-19)23(31)18-8-4-2-5-9-18/h2-15,21H,16H2,1H3. The lowest BCUT2D eigenvalue weighted by molar-refractivity contribution is -0.184. The highest BCUT2D eigenvalue weighted by molar-refractivity contribution is 6.14. The Bertz CT molecular complexity index is 1100. The number of rotatable bonds is 4. The van der Waals surface area contributed by atoms with E-state index in [1.165, 1.54) is 24.3 Å². The van der Waals surface area contributed by atoms with E-state index in [0.717, 1.165) is 10.5 Å². The molecular formula is C25H20F3NO2. The Kier molecular flexibility index (Phi) is 5.17. The summed E-state index contributed by atoms with van der Waals surface area (Å²) in [4.78, 5) is 28.1. The average molecular weight is 423 g/mol. The second kappa shape index (κ2) is 7.69. The Morgan fingerprint density at radius 1 is 0.903 bits per heavy atom. The van der Waals surface area contributed by atoms with Crippen LogP contribution in [0.4, 0.5) is 18.9 Å². The summed E-state index contributed by atoms with van der Waals surface area (Å²) in [6.45, 7) is 1.84. The molecule has 1 saturated heterocycles. The van der Waals surface area contributed by atoms with Gasteiger partial charge in [-0.3, -0.25) is 14.5 Å². The molecule has 2 unspecified atom stereocenters. The molecule has 31 heavy (non-hydrogen) atoms. The molecule has 4 rings (SSSR count). The first kappa shape index (κ1) is 20.8. The summed E-state index contributed by atoms with van der Waals surface area (Å²) >= 11 is 0. The van der Waals surface area contributed by atoms with E-state index in [2.05, 4.69) is 0 Å². The molecule has 2 atom stereocenters. The van der Waals surface area contributed by atoms with Gasteiger partial charge in [-0.15, -0.1) is 0 Å². The fourth-order valence-corrected chi connectivity index (χ4v) is 4.38. The van der Waals surface area contributed by atoms with E-state index in [4.69, 9.17) is 0 Å². The van der Waals surface area contributed by atoms with Gasteiger partial charge in [-0.05, 0) is 24.6 Å². The van der Waals surface area contributed by atoms with Crippen LogP contribution in [0.3, 0.4) is 0 Å². The fourth-order valence-electron chi connectivity index (χ4n) is 4.38. The topological polar surface area (TPSA) is 37.4 Å². The van der Waals surface area contributed by atoms with Crippen LogP contribution < -0.4 is 4.90 Å². The highest BCUT2D eigenvalue weighted by Gasteiger charge is 2.67. The molecule has 1 aliphatic heterocycles. The van der Waals surface area contributed by atoms with Crippen molar-refractivity contribution in [1.82, 2.24) is 0 Å². The van der Waals surface area contributed by atoms with Crippen molar-refractivity contribution >= 4 is 17.4 Å². The van der Waals surface area contributed by atoms with E-state index in [1.807, 2.05) is 6.92 Å². The zero-order chi connectivity index (χ0) is 22.2. The zero-order valence-corrected chi connectivity index (χ0v) is 16.8. The third kappa shape index (κ3) is 3.42. The molecule has 3 nitrogen and oxygen atoms in total. The number of halogens is 3. The van der Waals surface area contributed by atoms with Gasteiger partial charge in [-0.2, -0.15) is 13.2 Å². The minimum absolute atomic E-state index is 0.118. The largest absolute Gasteiger partial charge is 0.395 e. The Morgan fingerprint density at radius 3 is 2.00 bits per heavy atom. The average Bonchev–Trinajstić information content (AvgIpc) is 3.09. The second-order valence-corrected chi connectivity index (χ2v) is 7.69. The summed E-state index contributed by atoms with van der Waals surface area (Å²) in [5.41, 5.74) is -0.837. The van der Waals surface area contributed by atoms with Crippen molar-refractivity contribution in [2.75, 3.05) is 4.90 Å². The van der Waals surface area contributed by atoms with Crippen LogP contribution in [0.25, 0.3) is 0 Å². The summed E-state index contributed by atoms with van der Waals surface area (Å²) in [5.74, 6) is -3.68. The third-order valence-corrected chi connectivity index (χ3v) is 5.77. The van der Waals surface area contributed by atoms with E-state index < -0.39 is 35.7 Å². The van der Waals surface area contributed by atoms with Gasteiger partial charge in [0.05, 0.1) is 5.92 Å². The minimum atomic E-state index is -4.77. The van der Waals surface area contributed by atoms with E-state index in [0.29, 0.717) is 0 Å². The van der Waals surface area contributed by atoms with Crippen LogP contribution >= 0.6 is 0 Å². The number of amides is 1. The van der Waals surface area contributed by atoms with Crippen LogP contribution in [0.2, 0.25) is 0 Å². The summed E-state index contributed by atoms with van der Waals surface area (Å²) in [7, 11) is 0. The number of Topliss-reactive ketones (excluding diaryl/α,β-unsaturated/α-hetero) is 1. The maximum Gasteiger partial charge on any atom is 0.395 e. The molecule has 3 aromatic carbocycles. The molecule has 158 valence electrons. The van der Waals surface area contributed by atoms with Crippen LogP contribution in [-0.2, 0) is 10.3 Å². The van der Waals surface area contributed by atoms with Crippen molar-refractivity contribution in [3.63, 3.8) is 0 Å². The number of carbonyl (C=O) groups is 2. The minimum Gasteiger partial charge on any atom is -0.294 e. The highest BCUT2D eigenvalue weighted by Crippen LogP contribution is 2.54. The van der Waals surface area contributed by atoms with Gasteiger partial charge < -0.3 is 0 Å². The van der Waals surface area contributed by atoms with Crippen molar-refractivity contribution in [3.8, 4) is 0 Å². The molecule has 0 N–H and O–H groups in total. The Hall–Kier alpha value is -3.41. The molecule has 0 aliphatic carbocycles. The molecular weight excluding hydrogens is 403 g/mol. The maximum atomic E-state index is 14.4. The number of alkyl halides is 3. The summed E-state index contributed by atoms with van der Waals surface area (Å²) < 4.78 is 43.2. The molecule has 1 heterocycles. The fraction of sp³-hybridized carbons (Fsp3) is 0.200. The number of nitrogens with zero attached hydrogens (tertiary/aromatic N) is 1. The molecule has 1 aliphatic rings. The van der Waals surface area contributed by atoms with Crippen molar-refractivity contribution in [3.05, 3.63) is 102 Å². The smallest absolute Gasteiger partial charge is 0.294 e. The number of aryl methyl sites for hydroxylation is 1. The van der Waals surface area contributed by atoms with E-state index in [9.17, 15) is 22.8 Å². The SMILES string of the molecule is Cc1ccc(N2C(=O)CC(C(F)(F)F)C2(C(=O)c2ccccc2)c2ccccc2)cc1. The van der Waals surface area contributed by atoms with Crippen LogP contribution in [0, 0.1) is 12.8 Å². The first-order chi connectivity index (χ1) is 14.8. The van der Waals surface area contributed by atoms with Gasteiger partial charge in [0.15, 0.2) is 5.78 Å². The van der Waals surface area contributed by atoms with Gasteiger partial charge in [-0.1, -0.05) is 78.4 Å². The molecule has 1 amide bonds. The van der Waals surface area contributed by atoms with Gasteiger partial charge in [-0.25, -0.2) is 0 Å². The maximum absolute atomic E-state index is 14.4. The van der Waals surface area contributed by atoms with E-state index in [-0.39, 0.29) is 16.8 Å². The van der Waals surface area contributed by atoms with Crippen LogP contribution in [0.15, 0.2) is 84.9 Å². The lowest BCUT2D eigenvalue weighted by Gasteiger charge is -2.42. The number of benzene rings is 3. The Morgan fingerprint density at radius 2 is 1.45 bits per heavy atom. The number of ketones is 1. The summed E-state index contributed by atoms with van der Waals surface area (Å²) in [6, 6.07) is 22.2. The van der Waals surface area contributed by atoms with Crippen molar-refractivity contribution in [2.24, 2.45) is 5.92 Å². The van der Waals surface area contributed by atoms with Crippen molar-refractivity contribution < 1.29 is 22.8 Å². The molecule has 0 aromatic heterocycles. The van der Waals surface area contributed by atoms with E-state index in [1.54, 1.807) is 60.7 Å². The van der Waals surface area contributed by atoms with Crippen LogP contribution in [0.1, 0.15) is 27.9 Å². The van der Waals surface area contributed by atoms with Gasteiger partial charge in [0.2, 0.25) is 5.91 Å². The lowest BCUT2D eigenvalue weighted by Crippen LogP contribution is -2.56. The summed E-state index contributed by atoms with van der Waals surface area (Å²) in [5, 5.41) is 0. The lowest BCUT2D eigenvalue weighted by atomic mass is 9.73. The Labute approximate surface area is 178 Å². The van der Waals surface area contributed by atoms with Gasteiger partial charge in [0.1, 0.15) is 5.54 Å². The molecule has 0 spiro atoms. The zero-order valence-electron chi connectivity index (χ0n) is 16.8. The molecule has 6 heteroatoms. The predicted molar refractivity (Wildman–Crippen MR) is 112 cm³/mol. The quantitative estimate of drug-likeness (QED) is 0.506. The Balaban J connectivity index is 2.06. The molecule has 0 bridgehead atoms. The molecule has 1 fully saturated rings. The van der Waals surface area contributed by atoms with E-state index >= 15 is 0 Å². The predicted octanol–water partition coefficient (Wildman–Crippen LogP) is 5.69. The highest BCUT2D eigenvalue weighted by atomic mass is 19.4. The van der Waals surface area contributed by atoms with Gasteiger partial charge in [0.25, 0.3) is 0 Å². The van der Waals surface area contributed by atoms with Gasteiger partial charge in [0, 0.05) is 17.7 Å². The third-order valence-electron chi connectivity index (χ3n) is 5.77. The van der Waals surface area contributed by atoms with Crippen molar-refractivity contribution in [1.29, 1.82) is 0 Å². The first-order valence-electron chi connectivity index (χ1n) is 9.88. The van der Waals surface area contributed by atoms with Crippen LogP contribution in [-0.4, -0.2) is 17.9 Å². The number of carbonyl (C=O) groups excluding carboxylic acids is 2. The van der Waals surface area contributed by atoms with Crippen molar-refractivity contribution in [2.45, 2.75) is 25.1 Å². The number of hydrogen-bond donors (Lipinski definition) is 0. The molecule has 0 saturated carbocycles. The van der Waals surface area contributed by atoms with Gasteiger partial charge >= 0.3 is 6.18 Å². The van der Waals surface area contributed by atoms with Crippen LogP contribution in [0.5, 0.6) is 0 Å².